The number of likely N-dealkylation sites (N-methyl/N-ethyl adjacent to an activating group) is 1. The quantitative estimate of drug-likeness (QED) is 0.175. The first-order chi connectivity index (χ1) is 21.9. The summed E-state index contributed by atoms with van der Waals surface area (Å²) in [6.45, 7) is 2.32. The molecule has 0 bridgehead atoms. The Morgan fingerprint density at radius 1 is 0.911 bits per heavy atom. The third kappa shape index (κ3) is 7.19. The number of nitrogens with zero attached hydrogens (tertiary/aromatic N) is 2. The van der Waals surface area contributed by atoms with Crippen molar-refractivity contribution in [1.29, 1.82) is 0 Å². The fraction of sp³-hybridized carbons (Fsp3) is 0.216. The summed E-state index contributed by atoms with van der Waals surface area (Å²) in [6.07, 6.45) is 2.21. The lowest BCUT2D eigenvalue weighted by molar-refractivity contribution is -0.132. The van der Waals surface area contributed by atoms with Gasteiger partial charge in [-0.15, -0.1) is 0 Å². The van der Waals surface area contributed by atoms with Gasteiger partial charge in [0.15, 0.2) is 0 Å². The van der Waals surface area contributed by atoms with Crippen LogP contribution in [0.25, 0.3) is 10.9 Å². The molecule has 0 radical (unpaired) electrons. The molecule has 1 saturated heterocycles. The molecule has 1 fully saturated rings. The first-order valence-electron chi connectivity index (χ1n) is 15.3. The molecule has 1 aromatic heterocycles. The number of piperidine rings is 1. The van der Waals surface area contributed by atoms with Crippen molar-refractivity contribution >= 4 is 34.2 Å². The lowest BCUT2D eigenvalue weighted by Crippen LogP contribution is -2.41. The zero-order valence-electron chi connectivity index (χ0n) is 25.2. The standard InChI is InChI=1S/C37H36FN5O2/c1-43(24-25-11-15-30(38)16-12-25)37(45)35(27-7-3-2-4-8-27)42-36(44)29-13-17-32-28(23-29)14-18-34(40-32)41-33-10-6-5-9-31(33)26-19-21-39-22-20-26/h2-18,23,26,35,39H,19-22,24H2,1H3,(H,40,41)(H,42,44). The van der Waals surface area contributed by atoms with Crippen LogP contribution in [0.1, 0.15) is 51.8 Å². The van der Waals surface area contributed by atoms with E-state index in [-0.39, 0.29) is 24.2 Å². The normalized spacial score (nSPS) is 14.1. The lowest BCUT2D eigenvalue weighted by Gasteiger charge is -2.25. The number of para-hydroxylation sites is 1. The van der Waals surface area contributed by atoms with Crippen LogP contribution < -0.4 is 16.0 Å². The lowest BCUT2D eigenvalue weighted by atomic mass is 9.89. The molecule has 0 spiro atoms. The zero-order chi connectivity index (χ0) is 31.2. The summed E-state index contributed by atoms with van der Waals surface area (Å²) < 4.78 is 13.4. The highest BCUT2D eigenvalue weighted by Gasteiger charge is 2.26. The van der Waals surface area contributed by atoms with Gasteiger partial charge in [0.1, 0.15) is 17.7 Å². The van der Waals surface area contributed by atoms with Crippen molar-refractivity contribution in [3.8, 4) is 0 Å². The average Bonchev–Trinajstić information content (AvgIpc) is 3.08. The number of hydrogen-bond donors (Lipinski definition) is 3. The second-order valence-corrected chi connectivity index (χ2v) is 11.5. The van der Waals surface area contributed by atoms with Gasteiger partial charge in [0.05, 0.1) is 5.52 Å². The molecule has 1 unspecified atom stereocenters. The van der Waals surface area contributed by atoms with E-state index in [4.69, 9.17) is 4.98 Å². The molecule has 4 aromatic carbocycles. The van der Waals surface area contributed by atoms with Crippen LogP contribution in [0.4, 0.5) is 15.9 Å². The van der Waals surface area contributed by atoms with Gasteiger partial charge >= 0.3 is 0 Å². The van der Waals surface area contributed by atoms with E-state index in [0.29, 0.717) is 17.0 Å². The summed E-state index contributed by atoms with van der Waals surface area (Å²) in [5, 5.41) is 10.7. The fourth-order valence-corrected chi connectivity index (χ4v) is 5.88. The van der Waals surface area contributed by atoms with Gasteiger partial charge in [-0.3, -0.25) is 9.59 Å². The largest absolute Gasteiger partial charge is 0.340 e. The van der Waals surface area contributed by atoms with Crippen molar-refractivity contribution in [2.75, 3.05) is 25.5 Å². The summed E-state index contributed by atoms with van der Waals surface area (Å²) >= 11 is 0. The molecular formula is C37H36FN5O2. The predicted octanol–water partition coefficient (Wildman–Crippen LogP) is 6.71. The second-order valence-electron chi connectivity index (χ2n) is 11.5. The van der Waals surface area contributed by atoms with Gasteiger partial charge in [-0.25, -0.2) is 9.37 Å². The summed E-state index contributed by atoms with van der Waals surface area (Å²) in [6, 6.07) is 31.9. The van der Waals surface area contributed by atoms with Crippen molar-refractivity contribution in [1.82, 2.24) is 20.5 Å². The maximum absolute atomic E-state index is 13.6. The monoisotopic (exact) mass is 601 g/mol. The predicted molar refractivity (Wildman–Crippen MR) is 176 cm³/mol. The minimum absolute atomic E-state index is 0.276. The van der Waals surface area contributed by atoms with Gasteiger partial charge in [0, 0.05) is 30.2 Å². The fourth-order valence-electron chi connectivity index (χ4n) is 5.88. The number of halogens is 1. The van der Waals surface area contributed by atoms with E-state index in [1.807, 2.05) is 54.6 Å². The van der Waals surface area contributed by atoms with Crippen LogP contribution in [-0.4, -0.2) is 41.8 Å². The number of aromatic nitrogens is 1. The summed E-state index contributed by atoms with van der Waals surface area (Å²) in [5.41, 5.74) is 5.01. The SMILES string of the molecule is CN(Cc1ccc(F)cc1)C(=O)C(NC(=O)c1ccc2nc(Nc3ccccc3C3CCNCC3)ccc2c1)c1ccccc1. The molecule has 5 aromatic rings. The highest BCUT2D eigenvalue weighted by molar-refractivity contribution is 6.00. The summed E-state index contributed by atoms with van der Waals surface area (Å²) in [4.78, 5) is 33.5. The van der Waals surface area contributed by atoms with Crippen molar-refractivity contribution in [2.45, 2.75) is 31.3 Å². The minimum atomic E-state index is -0.899. The Morgan fingerprint density at radius 3 is 2.42 bits per heavy atom. The topological polar surface area (TPSA) is 86.4 Å². The Morgan fingerprint density at radius 2 is 1.64 bits per heavy atom. The van der Waals surface area contributed by atoms with Crippen LogP contribution in [0.3, 0.4) is 0 Å². The molecule has 1 aliphatic rings. The van der Waals surface area contributed by atoms with Crippen LogP contribution in [0.5, 0.6) is 0 Å². The average molecular weight is 602 g/mol. The van der Waals surface area contributed by atoms with Crippen molar-refractivity contribution < 1.29 is 14.0 Å². The third-order valence-electron chi connectivity index (χ3n) is 8.32. The molecular weight excluding hydrogens is 565 g/mol. The second kappa shape index (κ2) is 13.7. The Kier molecular flexibility index (Phi) is 9.12. The van der Waals surface area contributed by atoms with E-state index in [1.165, 1.54) is 22.6 Å². The molecule has 1 aliphatic heterocycles. The number of rotatable bonds is 9. The van der Waals surface area contributed by atoms with E-state index in [9.17, 15) is 14.0 Å². The van der Waals surface area contributed by atoms with E-state index in [0.717, 1.165) is 53.9 Å². The van der Waals surface area contributed by atoms with E-state index in [1.54, 1.807) is 31.3 Å². The highest BCUT2D eigenvalue weighted by atomic mass is 19.1. The maximum atomic E-state index is 13.6. The Bertz CT molecular complexity index is 1790. The van der Waals surface area contributed by atoms with Gasteiger partial charge in [-0.2, -0.15) is 0 Å². The van der Waals surface area contributed by atoms with Crippen molar-refractivity contribution in [3.63, 3.8) is 0 Å². The van der Waals surface area contributed by atoms with Crippen molar-refractivity contribution in [2.24, 2.45) is 0 Å². The van der Waals surface area contributed by atoms with Gasteiger partial charge in [-0.05, 0) is 97.1 Å². The van der Waals surface area contributed by atoms with Gasteiger partial charge in [0.25, 0.3) is 5.91 Å². The number of amides is 2. The van der Waals surface area contributed by atoms with Gasteiger partial charge < -0.3 is 20.9 Å². The Balaban J connectivity index is 1.19. The third-order valence-corrected chi connectivity index (χ3v) is 8.32. The maximum Gasteiger partial charge on any atom is 0.252 e. The van der Waals surface area contributed by atoms with Crippen LogP contribution in [0, 0.1) is 5.82 Å². The molecule has 1 atom stereocenters. The number of carbonyl (C=O) groups excluding carboxylic acids is 2. The first kappa shape index (κ1) is 30.0. The van der Waals surface area contributed by atoms with Crippen molar-refractivity contribution in [3.05, 3.63) is 137 Å². The number of hydrogen-bond acceptors (Lipinski definition) is 5. The number of pyridine rings is 1. The molecule has 8 heteroatoms. The molecule has 45 heavy (non-hydrogen) atoms. The number of anilines is 2. The van der Waals surface area contributed by atoms with Crippen LogP contribution >= 0.6 is 0 Å². The number of fused-ring (bicyclic) bond motifs is 1. The molecule has 2 heterocycles. The molecule has 228 valence electrons. The zero-order valence-corrected chi connectivity index (χ0v) is 25.2. The number of nitrogens with one attached hydrogen (secondary N) is 3. The first-order valence-corrected chi connectivity index (χ1v) is 15.3. The van der Waals surface area contributed by atoms with Gasteiger partial charge in [0.2, 0.25) is 5.91 Å². The van der Waals surface area contributed by atoms with Gasteiger partial charge in [-0.1, -0.05) is 60.7 Å². The minimum Gasteiger partial charge on any atom is -0.340 e. The Hall–Kier alpha value is -5.08. The molecule has 2 amide bonds. The van der Waals surface area contributed by atoms with Crippen LogP contribution in [0.15, 0.2) is 109 Å². The Labute approximate surface area is 262 Å². The van der Waals surface area contributed by atoms with Crippen LogP contribution in [0.2, 0.25) is 0 Å². The molecule has 0 saturated carbocycles. The number of benzene rings is 4. The van der Waals surface area contributed by atoms with E-state index in [2.05, 4.69) is 34.1 Å². The molecule has 3 N–H and O–H groups in total. The van der Waals surface area contributed by atoms with Crippen LogP contribution in [-0.2, 0) is 11.3 Å². The highest BCUT2D eigenvalue weighted by Crippen LogP contribution is 2.32. The smallest absolute Gasteiger partial charge is 0.252 e. The number of carbonyl (C=O) groups is 2. The summed E-state index contributed by atoms with van der Waals surface area (Å²) in [5.74, 6) is 0.262. The molecule has 7 nitrogen and oxygen atoms in total. The summed E-state index contributed by atoms with van der Waals surface area (Å²) in [7, 11) is 1.67. The van der Waals surface area contributed by atoms with E-state index < -0.39 is 6.04 Å². The van der Waals surface area contributed by atoms with E-state index >= 15 is 0 Å². The molecule has 0 aliphatic carbocycles. The molecule has 6 rings (SSSR count).